The number of esters is 1. The number of thiophene rings is 1. The van der Waals surface area contributed by atoms with Crippen molar-refractivity contribution >= 4 is 60.7 Å². The zero-order valence-electron chi connectivity index (χ0n) is 27.6. The lowest BCUT2D eigenvalue weighted by Crippen LogP contribution is -2.43. The molecule has 268 valence electrons. The number of nitrogens with two attached hydrogens (primary N) is 1. The van der Waals surface area contributed by atoms with Crippen LogP contribution < -0.4 is 20.1 Å². The lowest BCUT2D eigenvalue weighted by Gasteiger charge is -2.33. The molecule has 0 radical (unpaired) electrons. The number of hydrogen-bond acceptors (Lipinski definition) is 10. The first-order chi connectivity index (χ1) is 25.0. The minimum absolute atomic E-state index is 0.0133. The summed E-state index contributed by atoms with van der Waals surface area (Å²) < 4.78 is 71.9. The van der Waals surface area contributed by atoms with Crippen LogP contribution in [0.4, 0.5) is 28.4 Å². The van der Waals surface area contributed by atoms with E-state index in [1.807, 2.05) is 11.0 Å². The summed E-state index contributed by atoms with van der Waals surface area (Å²) in [5, 5.41) is 10.4. The van der Waals surface area contributed by atoms with E-state index in [0.717, 1.165) is 36.8 Å². The quantitative estimate of drug-likeness (QED) is 0.101. The van der Waals surface area contributed by atoms with Gasteiger partial charge in [0.2, 0.25) is 0 Å². The van der Waals surface area contributed by atoms with Gasteiger partial charge in [-0.25, -0.2) is 17.6 Å². The van der Waals surface area contributed by atoms with Crippen molar-refractivity contribution in [1.82, 2.24) is 14.9 Å². The number of alkyl halides is 1. The van der Waals surface area contributed by atoms with Crippen LogP contribution in [-0.4, -0.2) is 65.3 Å². The maximum absolute atomic E-state index is 17.0. The largest absolute Gasteiger partial charge is 0.461 e. The number of anilines is 2. The summed E-state index contributed by atoms with van der Waals surface area (Å²) in [6, 6.07) is 11.3. The molecule has 0 bridgehead atoms. The minimum atomic E-state index is -0.981. The van der Waals surface area contributed by atoms with Crippen molar-refractivity contribution in [3.63, 3.8) is 0 Å². The molecule has 0 spiro atoms. The third-order valence-electron chi connectivity index (χ3n) is 10.4. The number of ether oxygens (including phenoxy) is 2. The monoisotopic (exact) mass is 750 g/mol. The van der Waals surface area contributed by atoms with E-state index in [1.54, 1.807) is 0 Å². The minimum Gasteiger partial charge on any atom is -0.461 e. The normalized spacial score (nSPS) is 20.8. The highest BCUT2D eigenvalue weighted by Gasteiger charge is 2.49. The Hall–Kier alpha value is -4.71. The molecule has 0 aliphatic carbocycles. The molecule has 0 saturated carbocycles. The molecule has 15 heteroatoms. The van der Waals surface area contributed by atoms with E-state index >= 15 is 4.39 Å². The molecule has 3 aliphatic heterocycles. The maximum Gasteiger partial charge on any atom is 0.319 e. The van der Waals surface area contributed by atoms with Gasteiger partial charge in [-0.05, 0) is 62.1 Å². The molecule has 3 aromatic carbocycles. The Morgan fingerprint density at radius 2 is 1.94 bits per heavy atom. The van der Waals surface area contributed by atoms with Crippen molar-refractivity contribution in [3.05, 3.63) is 70.5 Å². The first-order valence-corrected chi connectivity index (χ1v) is 18.1. The molecule has 3 fully saturated rings. The van der Waals surface area contributed by atoms with Crippen molar-refractivity contribution in [1.29, 1.82) is 5.26 Å². The molecule has 5 heterocycles. The average molecular weight is 751 g/mol. The summed E-state index contributed by atoms with van der Waals surface area (Å²) in [7, 11) is 0. The zero-order valence-corrected chi connectivity index (χ0v) is 29.2. The first-order valence-electron chi connectivity index (χ1n) is 16.9. The van der Waals surface area contributed by atoms with E-state index in [9.17, 15) is 23.2 Å². The smallest absolute Gasteiger partial charge is 0.319 e. The number of nitriles is 1. The van der Waals surface area contributed by atoms with E-state index < -0.39 is 41.0 Å². The first kappa shape index (κ1) is 34.4. The van der Waals surface area contributed by atoms with Gasteiger partial charge in [-0.1, -0.05) is 23.7 Å². The molecule has 52 heavy (non-hydrogen) atoms. The zero-order chi connectivity index (χ0) is 36.3. The summed E-state index contributed by atoms with van der Waals surface area (Å²) in [4.78, 5) is 26.2. The lowest BCUT2D eigenvalue weighted by atomic mass is 9.95. The topological polar surface area (TPSA) is 118 Å². The predicted molar refractivity (Wildman–Crippen MR) is 190 cm³/mol. The average Bonchev–Trinajstić information content (AvgIpc) is 3.77. The van der Waals surface area contributed by atoms with E-state index in [4.69, 9.17) is 31.8 Å². The van der Waals surface area contributed by atoms with Gasteiger partial charge < -0.3 is 20.1 Å². The number of aromatic nitrogens is 2. The number of hydrogen-bond donors (Lipinski definition) is 1. The van der Waals surface area contributed by atoms with E-state index in [2.05, 4.69) is 9.88 Å². The van der Waals surface area contributed by atoms with Crippen LogP contribution in [-0.2, 0) is 4.79 Å². The third kappa shape index (κ3) is 5.94. The summed E-state index contributed by atoms with van der Waals surface area (Å²) in [5.74, 6) is -2.50. The molecule has 3 saturated heterocycles. The highest BCUT2D eigenvalue weighted by atomic mass is 35.5. The Bertz CT molecular complexity index is 2290. The fourth-order valence-corrected chi connectivity index (χ4v) is 9.17. The molecule has 0 amide bonds. The van der Waals surface area contributed by atoms with E-state index in [0.29, 0.717) is 44.7 Å². The number of nitrogen functional groups attached to an aromatic ring is 1. The molecule has 3 aliphatic rings. The number of piperidine rings is 1. The molecular weight excluding hydrogens is 720 g/mol. The number of carbonyl (C=O) groups excluding carboxylic acids is 1. The van der Waals surface area contributed by atoms with Gasteiger partial charge in [-0.15, -0.1) is 11.3 Å². The van der Waals surface area contributed by atoms with Gasteiger partial charge in [0.15, 0.2) is 5.82 Å². The second-order valence-corrected chi connectivity index (χ2v) is 15.0. The van der Waals surface area contributed by atoms with Gasteiger partial charge in [0.1, 0.15) is 52.6 Å². The number of carbonyl (C=O) groups is 1. The standard InChI is InChI=1S/C37H31ClF4N6O3S/c38-26-14-24-31(30(42)29(26)23-5-6-27(41)32-28(23)25(16-43)33(44)52-32)45-36(50-18-37-9-2-10-48(37)17-21(40)15-37)46-34(24)47-11-7-19(8-12-47)35(49)51-22-4-1-3-20(39)13-22/h1,3-6,13-14,19,21H,2,7-12,15,17-18,44H2/t21-,37+/m1/s1. The van der Waals surface area contributed by atoms with Crippen molar-refractivity contribution in [2.75, 3.05) is 43.4 Å². The molecule has 5 aromatic rings. The lowest BCUT2D eigenvalue weighted by molar-refractivity contribution is -0.139. The van der Waals surface area contributed by atoms with Gasteiger partial charge in [-0.2, -0.15) is 15.2 Å². The molecule has 0 unspecified atom stereocenters. The van der Waals surface area contributed by atoms with Gasteiger partial charge in [0.25, 0.3) is 0 Å². The van der Waals surface area contributed by atoms with Gasteiger partial charge in [0, 0.05) is 48.5 Å². The highest BCUT2D eigenvalue weighted by Crippen LogP contribution is 2.46. The van der Waals surface area contributed by atoms with Crippen LogP contribution in [0.15, 0.2) is 42.5 Å². The Morgan fingerprint density at radius 3 is 2.71 bits per heavy atom. The number of rotatable bonds is 7. The molecule has 2 N–H and O–H groups in total. The molecule has 8 rings (SSSR count). The maximum atomic E-state index is 17.0. The summed E-state index contributed by atoms with van der Waals surface area (Å²) in [6.45, 7) is 1.84. The SMILES string of the molecule is N#Cc1c(N)sc2c(F)ccc(-c3c(Cl)cc4c(N5CCC(C(=O)Oc6cccc(F)c6)CC5)nc(OC[C@@]56CCCN5C[C@H](F)C6)nc4c3F)c12. The summed E-state index contributed by atoms with van der Waals surface area (Å²) in [5.41, 5.74) is 5.51. The number of fused-ring (bicyclic) bond motifs is 3. The Labute approximate surface area is 304 Å². The van der Waals surface area contributed by atoms with Gasteiger partial charge in [-0.3, -0.25) is 9.69 Å². The van der Waals surface area contributed by atoms with Crippen molar-refractivity contribution in [2.45, 2.75) is 43.8 Å². The van der Waals surface area contributed by atoms with Crippen LogP contribution in [0.1, 0.15) is 37.7 Å². The number of benzene rings is 3. The Kier molecular flexibility index (Phi) is 8.84. The second kappa shape index (κ2) is 13.4. The molecule has 2 atom stereocenters. The highest BCUT2D eigenvalue weighted by molar-refractivity contribution is 7.23. The van der Waals surface area contributed by atoms with Crippen LogP contribution >= 0.6 is 22.9 Å². The Balaban J connectivity index is 1.18. The van der Waals surface area contributed by atoms with Crippen LogP contribution in [0.3, 0.4) is 0 Å². The van der Waals surface area contributed by atoms with Crippen molar-refractivity contribution < 1.29 is 31.8 Å². The van der Waals surface area contributed by atoms with E-state index in [-0.39, 0.29) is 66.1 Å². The van der Waals surface area contributed by atoms with Gasteiger partial charge in [0.05, 0.1) is 26.7 Å². The fraction of sp³-hybridized carbons (Fsp3) is 0.351. The molecule has 9 nitrogen and oxygen atoms in total. The number of nitrogens with zero attached hydrogens (tertiary/aromatic N) is 5. The fourth-order valence-electron chi connectivity index (χ4n) is 7.93. The Morgan fingerprint density at radius 1 is 1.13 bits per heavy atom. The summed E-state index contributed by atoms with van der Waals surface area (Å²) in [6.07, 6.45) is 1.70. The molecular formula is C37H31ClF4N6O3S. The molecule has 2 aromatic heterocycles. The van der Waals surface area contributed by atoms with Crippen LogP contribution in [0.5, 0.6) is 11.8 Å². The predicted octanol–water partition coefficient (Wildman–Crippen LogP) is 7.81. The van der Waals surface area contributed by atoms with Crippen LogP contribution in [0.25, 0.3) is 32.1 Å². The van der Waals surface area contributed by atoms with Crippen molar-refractivity contribution in [2.24, 2.45) is 5.92 Å². The van der Waals surface area contributed by atoms with Crippen LogP contribution in [0, 0.1) is 34.7 Å². The van der Waals surface area contributed by atoms with Crippen molar-refractivity contribution in [3.8, 4) is 29.0 Å². The summed E-state index contributed by atoms with van der Waals surface area (Å²) >= 11 is 7.72. The third-order valence-corrected chi connectivity index (χ3v) is 11.7. The second-order valence-electron chi connectivity index (χ2n) is 13.5. The van der Waals surface area contributed by atoms with E-state index in [1.165, 1.54) is 36.4 Å². The van der Waals surface area contributed by atoms with Gasteiger partial charge >= 0.3 is 12.0 Å². The number of halogens is 5. The van der Waals surface area contributed by atoms with Crippen LogP contribution in [0.2, 0.25) is 5.02 Å².